The number of rotatable bonds is 5. The molecule has 4 aromatic rings. The Kier molecular flexibility index (Phi) is 6.70. The Morgan fingerprint density at radius 2 is 1.69 bits per heavy atom. The van der Waals surface area contributed by atoms with Crippen LogP contribution in [-0.2, 0) is 4.74 Å². The third kappa shape index (κ3) is 4.90. The van der Waals surface area contributed by atoms with Crippen molar-refractivity contribution < 1.29 is 4.74 Å². The number of likely N-dealkylation sites (N-methyl/N-ethyl adjacent to an activating group) is 1. The summed E-state index contributed by atoms with van der Waals surface area (Å²) in [5.41, 5.74) is 5.01. The van der Waals surface area contributed by atoms with Crippen molar-refractivity contribution in [2.24, 2.45) is 0 Å². The van der Waals surface area contributed by atoms with Crippen LogP contribution in [0, 0.1) is 6.92 Å². The first-order valence-corrected chi connectivity index (χ1v) is 14.6. The zero-order chi connectivity index (χ0) is 26.3. The maximum absolute atomic E-state index is 5.60. The van der Waals surface area contributed by atoms with Gasteiger partial charge >= 0.3 is 0 Å². The van der Waals surface area contributed by atoms with Gasteiger partial charge in [-0.15, -0.1) is 5.10 Å². The van der Waals surface area contributed by atoms with Crippen molar-refractivity contribution in [1.29, 1.82) is 0 Å². The van der Waals surface area contributed by atoms with Gasteiger partial charge in [0.1, 0.15) is 5.82 Å². The van der Waals surface area contributed by atoms with Crippen molar-refractivity contribution in [2.45, 2.75) is 63.6 Å². The van der Waals surface area contributed by atoms with E-state index < -0.39 is 0 Å². The van der Waals surface area contributed by atoms with Crippen LogP contribution in [0.25, 0.3) is 27.8 Å². The van der Waals surface area contributed by atoms with E-state index in [0.717, 1.165) is 65.7 Å². The lowest BCUT2D eigenvalue weighted by Crippen LogP contribution is -2.50. The van der Waals surface area contributed by atoms with Crippen molar-refractivity contribution in [2.75, 3.05) is 51.8 Å². The molecule has 0 spiro atoms. The van der Waals surface area contributed by atoms with Crippen LogP contribution in [0.4, 0.5) is 5.95 Å². The molecule has 10 nitrogen and oxygen atoms in total. The van der Waals surface area contributed by atoms with Crippen LogP contribution in [0.3, 0.4) is 0 Å². The van der Waals surface area contributed by atoms with E-state index in [1.165, 1.54) is 51.9 Å². The number of aryl methyl sites for hydroxylation is 1. The molecule has 7 rings (SSSR count). The topological polar surface area (TPSA) is 88.6 Å². The Morgan fingerprint density at radius 1 is 0.897 bits per heavy atom. The molecule has 0 amide bonds. The second-order valence-corrected chi connectivity index (χ2v) is 11.6. The van der Waals surface area contributed by atoms with Gasteiger partial charge in [0.05, 0.1) is 17.2 Å². The summed E-state index contributed by atoms with van der Waals surface area (Å²) >= 11 is 0. The standard InChI is InChI=1S/C29H39N9O/c1-20-32-28-26(38(20)24-8-15-39-16-9-24)17-21(18-30-28)25-7-10-37-27(25)19-31-29(34-37)33-22-3-5-23(6-4-22)36-13-11-35(2)12-14-36/h7,10,17-19,22-24H,3-6,8-9,11-16H2,1-2H3,(H,33,34)/t22-,23-. The molecule has 0 unspecified atom stereocenters. The van der Waals surface area contributed by atoms with E-state index in [2.05, 4.69) is 45.8 Å². The summed E-state index contributed by atoms with van der Waals surface area (Å²) in [6.07, 6.45) is 12.7. The number of piperazine rings is 1. The lowest BCUT2D eigenvalue weighted by atomic mass is 9.90. The molecule has 2 saturated heterocycles. The average molecular weight is 530 g/mol. The Bertz CT molecular complexity index is 1440. The van der Waals surface area contributed by atoms with Gasteiger partial charge in [0.2, 0.25) is 5.95 Å². The highest BCUT2D eigenvalue weighted by Gasteiger charge is 2.28. The van der Waals surface area contributed by atoms with Crippen LogP contribution >= 0.6 is 0 Å². The average Bonchev–Trinajstić information content (AvgIpc) is 3.54. The molecule has 6 heterocycles. The molecule has 3 fully saturated rings. The van der Waals surface area contributed by atoms with E-state index >= 15 is 0 Å². The van der Waals surface area contributed by atoms with Crippen LogP contribution in [-0.4, -0.2) is 97.5 Å². The number of imidazole rings is 1. The number of anilines is 1. The zero-order valence-electron chi connectivity index (χ0n) is 23.1. The van der Waals surface area contributed by atoms with E-state index in [1.54, 1.807) is 0 Å². The van der Waals surface area contributed by atoms with Gasteiger partial charge in [0, 0.05) is 81.0 Å². The van der Waals surface area contributed by atoms with E-state index in [4.69, 9.17) is 24.8 Å². The second kappa shape index (κ2) is 10.5. The summed E-state index contributed by atoms with van der Waals surface area (Å²) in [6.45, 7) is 8.46. The molecule has 206 valence electrons. The van der Waals surface area contributed by atoms with Crippen molar-refractivity contribution in [3.63, 3.8) is 0 Å². The number of fused-ring (bicyclic) bond motifs is 2. The van der Waals surface area contributed by atoms with Crippen LogP contribution in [0.15, 0.2) is 30.7 Å². The lowest BCUT2D eigenvalue weighted by Gasteiger charge is -2.41. The Morgan fingerprint density at radius 3 is 2.49 bits per heavy atom. The maximum atomic E-state index is 5.60. The van der Waals surface area contributed by atoms with Gasteiger partial charge < -0.3 is 19.5 Å². The fourth-order valence-corrected chi connectivity index (χ4v) is 6.81. The Labute approximate surface area is 229 Å². The predicted octanol–water partition coefficient (Wildman–Crippen LogP) is 3.77. The first-order chi connectivity index (χ1) is 19.1. The van der Waals surface area contributed by atoms with Crippen molar-refractivity contribution in [3.05, 3.63) is 36.5 Å². The molecular weight excluding hydrogens is 490 g/mol. The van der Waals surface area contributed by atoms with Crippen molar-refractivity contribution >= 4 is 22.6 Å². The molecule has 1 N–H and O–H groups in total. The fourth-order valence-electron chi connectivity index (χ4n) is 6.81. The Hall–Kier alpha value is -3.08. The van der Waals surface area contributed by atoms with Crippen LogP contribution < -0.4 is 5.32 Å². The maximum Gasteiger partial charge on any atom is 0.241 e. The molecule has 3 aliphatic rings. The van der Waals surface area contributed by atoms with Gasteiger partial charge in [-0.1, -0.05) is 0 Å². The van der Waals surface area contributed by atoms with E-state index in [9.17, 15) is 0 Å². The SMILES string of the molecule is Cc1nc2ncc(-c3ccn4nc(N[C@H]5CC[C@H](N6CCN(C)CC6)CC5)ncc34)cc2n1C1CCOCC1. The first-order valence-electron chi connectivity index (χ1n) is 14.6. The van der Waals surface area contributed by atoms with Crippen molar-refractivity contribution in [3.8, 4) is 11.1 Å². The predicted molar refractivity (Wildman–Crippen MR) is 152 cm³/mol. The Balaban J connectivity index is 1.07. The summed E-state index contributed by atoms with van der Waals surface area (Å²) in [5, 5.41) is 8.44. The number of hydrogen-bond donors (Lipinski definition) is 1. The highest BCUT2D eigenvalue weighted by atomic mass is 16.5. The largest absolute Gasteiger partial charge is 0.381 e. The molecular formula is C29H39N9O. The molecule has 1 aliphatic carbocycles. The third-order valence-corrected chi connectivity index (χ3v) is 9.09. The summed E-state index contributed by atoms with van der Waals surface area (Å²) in [6, 6.07) is 5.89. The summed E-state index contributed by atoms with van der Waals surface area (Å²) in [7, 11) is 2.23. The zero-order valence-corrected chi connectivity index (χ0v) is 23.1. The summed E-state index contributed by atoms with van der Waals surface area (Å²) in [4.78, 5) is 19.3. The fraction of sp³-hybridized carbons (Fsp3) is 0.586. The monoisotopic (exact) mass is 529 g/mol. The number of hydrogen-bond acceptors (Lipinski definition) is 8. The molecule has 10 heteroatoms. The molecule has 0 radical (unpaired) electrons. The first kappa shape index (κ1) is 24.9. The molecule has 0 aromatic carbocycles. The molecule has 0 bridgehead atoms. The minimum absolute atomic E-state index is 0.403. The van der Waals surface area contributed by atoms with Gasteiger partial charge in [-0.25, -0.2) is 19.5 Å². The molecule has 0 atom stereocenters. The summed E-state index contributed by atoms with van der Waals surface area (Å²) in [5.74, 6) is 1.72. The molecule has 39 heavy (non-hydrogen) atoms. The van der Waals surface area contributed by atoms with Gasteiger partial charge in [0.25, 0.3) is 0 Å². The number of pyridine rings is 1. The quantitative estimate of drug-likeness (QED) is 0.418. The van der Waals surface area contributed by atoms with Gasteiger partial charge in [-0.2, -0.15) is 0 Å². The van der Waals surface area contributed by atoms with Gasteiger partial charge in [-0.3, -0.25) is 4.90 Å². The molecule has 2 aliphatic heterocycles. The molecule has 4 aromatic heterocycles. The minimum Gasteiger partial charge on any atom is -0.381 e. The van der Waals surface area contributed by atoms with E-state index in [-0.39, 0.29) is 0 Å². The van der Waals surface area contributed by atoms with Gasteiger partial charge in [-0.05, 0) is 64.6 Å². The number of aromatic nitrogens is 6. The lowest BCUT2D eigenvalue weighted by molar-refractivity contribution is 0.0701. The van der Waals surface area contributed by atoms with Crippen LogP contribution in [0.5, 0.6) is 0 Å². The molecule has 1 saturated carbocycles. The van der Waals surface area contributed by atoms with Crippen LogP contribution in [0.2, 0.25) is 0 Å². The number of nitrogens with zero attached hydrogens (tertiary/aromatic N) is 8. The number of ether oxygens (including phenoxy) is 1. The van der Waals surface area contributed by atoms with Crippen LogP contribution in [0.1, 0.15) is 50.4 Å². The summed E-state index contributed by atoms with van der Waals surface area (Å²) < 4.78 is 9.88. The highest BCUT2D eigenvalue weighted by Crippen LogP contribution is 2.32. The van der Waals surface area contributed by atoms with E-state index in [1.807, 2.05) is 23.1 Å². The smallest absolute Gasteiger partial charge is 0.241 e. The van der Waals surface area contributed by atoms with Gasteiger partial charge in [0.15, 0.2) is 5.65 Å². The van der Waals surface area contributed by atoms with E-state index in [0.29, 0.717) is 18.0 Å². The number of nitrogens with one attached hydrogen (secondary N) is 1. The second-order valence-electron chi connectivity index (χ2n) is 11.6. The minimum atomic E-state index is 0.403. The van der Waals surface area contributed by atoms with Crippen molar-refractivity contribution in [1.82, 2.24) is 38.9 Å². The highest BCUT2D eigenvalue weighted by molar-refractivity contribution is 5.85. The third-order valence-electron chi connectivity index (χ3n) is 9.09. The normalized spacial score (nSPS) is 24.1.